The van der Waals surface area contributed by atoms with E-state index in [1.807, 2.05) is 32.2 Å². The van der Waals surface area contributed by atoms with E-state index in [1.54, 1.807) is 37.2 Å². The summed E-state index contributed by atoms with van der Waals surface area (Å²) in [5.41, 5.74) is 5.56. The Balaban J connectivity index is 0.000000191. The van der Waals surface area contributed by atoms with Crippen LogP contribution in [0.25, 0.3) is 11.3 Å². The Labute approximate surface area is 436 Å². The SMILES string of the molecule is C.C1CCNC1.Cc1cn2nc([C@@H]3CCCCN3C(=O)c3cc(Cl)ccc3NS(C)(=O)=O)cc2nc1Cl.Cc1cn2nc([C@@H]3CCCCN3C(=O)c3cc(Cl)ccc3NS(C)(=O)=O)cc2nc1N1CCCC1. The van der Waals surface area contributed by atoms with Crippen LogP contribution in [0.4, 0.5) is 17.2 Å². The number of hydrogen-bond acceptors (Lipinski definition) is 12. The second-order valence-corrected chi connectivity index (χ2v) is 23.2. The van der Waals surface area contributed by atoms with Crippen molar-refractivity contribution in [2.45, 2.75) is 97.6 Å². The minimum Gasteiger partial charge on any atom is -0.356 e. The molecular formula is C49H63Cl3N12O6S2. The number of benzene rings is 2. The van der Waals surface area contributed by atoms with E-state index in [1.165, 1.54) is 63.0 Å². The van der Waals surface area contributed by atoms with Crippen LogP contribution in [-0.2, 0) is 20.0 Å². The number of carbonyl (C=O) groups excluding carboxylic acids is 2. The van der Waals surface area contributed by atoms with Crippen molar-refractivity contribution in [3.8, 4) is 0 Å². The van der Waals surface area contributed by atoms with Crippen molar-refractivity contribution in [2.24, 2.45) is 0 Å². The molecule has 18 nitrogen and oxygen atoms in total. The Hall–Kier alpha value is -5.25. The van der Waals surface area contributed by atoms with Crippen LogP contribution < -0.4 is 19.7 Å². The lowest BCUT2D eigenvalue weighted by atomic mass is 9.98. The lowest BCUT2D eigenvalue weighted by Gasteiger charge is -2.35. The fourth-order valence-corrected chi connectivity index (χ4v) is 11.1. The maximum atomic E-state index is 13.7. The van der Waals surface area contributed by atoms with Gasteiger partial charge in [0.15, 0.2) is 11.3 Å². The zero-order chi connectivity index (χ0) is 50.6. The smallest absolute Gasteiger partial charge is 0.256 e. The molecule has 0 saturated carbocycles. The van der Waals surface area contributed by atoms with Gasteiger partial charge in [0.2, 0.25) is 20.0 Å². The van der Waals surface area contributed by atoms with Gasteiger partial charge in [-0.2, -0.15) is 10.2 Å². The summed E-state index contributed by atoms with van der Waals surface area (Å²) in [5.74, 6) is 0.410. The highest BCUT2D eigenvalue weighted by atomic mass is 35.5. The average Bonchev–Trinajstić information content (AvgIpc) is 4.19. The quantitative estimate of drug-likeness (QED) is 0.116. The average molecular weight is 1090 g/mol. The molecule has 2 atom stereocenters. The van der Waals surface area contributed by atoms with Crippen LogP contribution in [0.3, 0.4) is 0 Å². The third-order valence-corrected chi connectivity index (χ3v) is 14.8. The molecule has 4 fully saturated rings. The Morgan fingerprint density at radius 2 is 1.06 bits per heavy atom. The second kappa shape index (κ2) is 23.3. The molecule has 2 aromatic carbocycles. The molecule has 2 amide bonds. The van der Waals surface area contributed by atoms with Gasteiger partial charge in [-0.3, -0.25) is 19.0 Å². The van der Waals surface area contributed by atoms with Gasteiger partial charge in [0.05, 0.1) is 58.5 Å². The van der Waals surface area contributed by atoms with Gasteiger partial charge >= 0.3 is 0 Å². The predicted molar refractivity (Wildman–Crippen MR) is 286 cm³/mol. The number of hydrogen-bond donors (Lipinski definition) is 3. The molecule has 6 aromatic rings. The molecule has 23 heteroatoms. The van der Waals surface area contributed by atoms with Gasteiger partial charge in [0.25, 0.3) is 11.8 Å². The van der Waals surface area contributed by atoms with Crippen molar-refractivity contribution in [1.29, 1.82) is 0 Å². The fourth-order valence-electron chi connectivity index (χ4n) is 9.46. The minimum atomic E-state index is -3.57. The summed E-state index contributed by atoms with van der Waals surface area (Å²) in [4.78, 5) is 42.3. The lowest BCUT2D eigenvalue weighted by molar-refractivity contribution is 0.0600. The first kappa shape index (κ1) is 54.5. The van der Waals surface area contributed by atoms with Crippen LogP contribution in [-0.4, -0.2) is 119 Å². The Kier molecular flexibility index (Phi) is 17.7. The van der Waals surface area contributed by atoms with Crippen molar-refractivity contribution >= 4 is 95.2 Å². The van der Waals surface area contributed by atoms with E-state index < -0.39 is 20.0 Å². The van der Waals surface area contributed by atoms with Crippen LogP contribution >= 0.6 is 34.8 Å². The summed E-state index contributed by atoms with van der Waals surface area (Å²) in [6.45, 7) is 9.50. The van der Waals surface area contributed by atoms with E-state index in [2.05, 4.69) is 29.7 Å². The highest BCUT2D eigenvalue weighted by Crippen LogP contribution is 2.36. The number of carbonyl (C=O) groups is 2. The van der Waals surface area contributed by atoms with E-state index in [4.69, 9.17) is 44.9 Å². The lowest BCUT2D eigenvalue weighted by Crippen LogP contribution is -2.39. The molecule has 0 bridgehead atoms. The van der Waals surface area contributed by atoms with E-state index in [-0.39, 0.29) is 53.8 Å². The number of halogens is 3. The van der Waals surface area contributed by atoms with Crippen molar-refractivity contribution < 1.29 is 26.4 Å². The third kappa shape index (κ3) is 13.3. The summed E-state index contributed by atoms with van der Waals surface area (Å²) in [5, 5.41) is 13.8. The van der Waals surface area contributed by atoms with Crippen molar-refractivity contribution in [2.75, 3.05) is 66.1 Å². The molecule has 8 heterocycles. The number of amides is 2. The number of likely N-dealkylation sites (tertiary alicyclic amines) is 2. The third-order valence-electron chi connectivity index (χ3n) is 12.8. The summed E-state index contributed by atoms with van der Waals surface area (Å²) in [6.07, 6.45) is 16.1. The minimum absolute atomic E-state index is 0. The molecule has 72 heavy (non-hydrogen) atoms. The predicted octanol–water partition coefficient (Wildman–Crippen LogP) is 9.12. The largest absolute Gasteiger partial charge is 0.356 e. The number of aromatic nitrogens is 6. The van der Waals surface area contributed by atoms with Crippen LogP contribution in [0, 0.1) is 13.8 Å². The molecule has 388 valence electrons. The number of aryl methyl sites for hydroxylation is 2. The number of fused-ring (bicyclic) bond motifs is 2. The van der Waals surface area contributed by atoms with E-state index in [0.717, 1.165) is 92.4 Å². The van der Waals surface area contributed by atoms with Gasteiger partial charge in [-0.25, -0.2) is 35.8 Å². The molecule has 4 aromatic heterocycles. The summed E-state index contributed by atoms with van der Waals surface area (Å²) in [7, 11) is -7.14. The number of piperidine rings is 2. The maximum absolute atomic E-state index is 13.7. The van der Waals surface area contributed by atoms with Gasteiger partial charge in [0, 0.05) is 71.9 Å². The fraction of sp³-hybridized carbons (Fsp3) is 0.469. The first-order valence-electron chi connectivity index (χ1n) is 23.8. The Morgan fingerprint density at radius 3 is 1.50 bits per heavy atom. The van der Waals surface area contributed by atoms with Gasteiger partial charge in [0.1, 0.15) is 11.0 Å². The molecule has 0 spiro atoms. The normalized spacial score (nSPS) is 18.2. The monoisotopic (exact) mass is 1080 g/mol. The molecule has 4 aliphatic rings. The van der Waals surface area contributed by atoms with E-state index >= 15 is 0 Å². The van der Waals surface area contributed by atoms with Gasteiger partial charge in [-0.1, -0.05) is 42.2 Å². The van der Waals surface area contributed by atoms with Crippen molar-refractivity contribution in [3.63, 3.8) is 0 Å². The first-order chi connectivity index (χ1) is 33.8. The summed E-state index contributed by atoms with van der Waals surface area (Å²) >= 11 is 18.5. The zero-order valence-electron chi connectivity index (χ0n) is 40.2. The van der Waals surface area contributed by atoms with Crippen LogP contribution in [0.1, 0.15) is 127 Å². The van der Waals surface area contributed by atoms with Crippen LogP contribution in [0.5, 0.6) is 0 Å². The van der Waals surface area contributed by atoms with Crippen molar-refractivity contribution in [1.82, 2.24) is 44.3 Å². The number of nitrogens with one attached hydrogen (secondary N) is 3. The van der Waals surface area contributed by atoms with Crippen LogP contribution in [0.2, 0.25) is 15.2 Å². The maximum Gasteiger partial charge on any atom is 0.256 e. The first-order valence-corrected chi connectivity index (χ1v) is 28.7. The highest BCUT2D eigenvalue weighted by Gasteiger charge is 2.34. The second-order valence-electron chi connectivity index (χ2n) is 18.5. The van der Waals surface area contributed by atoms with E-state index in [9.17, 15) is 26.4 Å². The van der Waals surface area contributed by atoms with E-state index in [0.29, 0.717) is 39.6 Å². The Morgan fingerprint density at radius 1 is 0.611 bits per heavy atom. The highest BCUT2D eigenvalue weighted by molar-refractivity contribution is 7.92. The molecule has 0 aliphatic carbocycles. The van der Waals surface area contributed by atoms with Crippen molar-refractivity contribution in [3.05, 3.63) is 110 Å². The van der Waals surface area contributed by atoms with Gasteiger partial charge < -0.3 is 20.0 Å². The molecule has 0 unspecified atom stereocenters. The van der Waals surface area contributed by atoms with Gasteiger partial charge in [-0.15, -0.1) is 0 Å². The number of rotatable bonds is 9. The van der Waals surface area contributed by atoms with Crippen LogP contribution in [0.15, 0.2) is 60.9 Å². The summed E-state index contributed by atoms with van der Waals surface area (Å²) in [6, 6.07) is 12.4. The Bertz CT molecular complexity index is 3110. The molecular weight excluding hydrogens is 1020 g/mol. The molecule has 10 rings (SSSR count). The standard InChI is InChI=1S/C24H29ClN6O3S.C20H21Cl2N5O3S.C4H9N.CH4/c1-16-15-31-22(26-23(16)29-10-5-6-11-29)14-20(27-31)21-7-3-4-12-30(21)24(32)18-13-17(25)8-9-19(18)28-35(2,33)34;1-12-11-27-18(23-19(12)22)10-16(24-27)17-5-3-4-8-26(17)20(28)14-9-13(21)6-7-15(14)25-31(2,29)30;1-2-4-5-3-1;/h8-9,13-15,21,28H,3-7,10-12H2,1-2H3;6-7,9-11,17,25H,3-5,8H2,1-2H3;5H,1-4H2;1H4/t21-;17-;;/m00../s1. The molecule has 4 saturated heterocycles. The molecule has 3 N–H and O–H groups in total. The molecule has 0 radical (unpaired) electrons. The summed E-state index contributed by atoms with van der Waals surface area (Å²) < 4.78 is 55.6. The topological polar surface area (TPSA) is 209 Å². The number of anilines is 3. The number of nitrogens with zero attached hydrogens (tertiary/aromatic N) is 9. The zero-order valence-corrected chi connectivity index (χ0v) is 44.1. The molecule has 4 aliphatic heterocycles. The van der Waals surface area contributed by atoms with Gasteiger partial charge in [-0.05, 0) is 128 Å². The number of sulfonamides is 2.